The van der Waals surface area contributed by atoms with E-state index in [1.54, 1.807) is 0 Å². The molecule has 0 spiro atoms. The van der Waals surface area contributed by atoms with Gasteiger partial charge in [-0.15, -0.1) is 0 Å². The van der Waals surface area contributed by atoms with Crippen molar-refractivity contribution in [1.29, 1.82) is 0 Å². The van der Waals surface area contributed by atoms with Crippen LogP contribution in [-0.4, -0.2) is 16.9 Å². The Labute approximate surface area is 62.7 Å². The average Bonchev–Trinajstić information content (AvgIpc) is 1.98. The quantitative estimate of drug-likeness (QED) is 0.428. The van der Waals surface area contributed by atoms with Crippen LogP contribution < -0.4 is 0 Å². The number of hydrogen-bond donors (Lipinski definition) is 0. The van der Waals surface area contributed by atoms with Crippen LogP contribution in [0.2, 0.25) is 0 Å². The van der Waals surface area contributed by atoms with Crippen LogP contribution in [0.3, 0.4) is 0 Å². The SMILES string of the molecule is CC1OC(=O)C(C)C1Br. The van der Waals surface area contributed by atoms with Crippen LogP contribution >= 0.6 is 15.9 Å². The molecule has 0 radical (unpaired) electrons. The van der Waals surface area contributed by atoms with Gasteiger partial charge in [-0.2, -0.15) is 0 Å². The highest BCUT2D eigenvalue weighted by Crippen LogP contribution is 2.27. The lowest BCUT2D eigenvalue weighted by atomic mass is 10.1. The van der Waals surface area contributed by atoms with Crippen LogP contribution in [0.4, 0.5) is 0 Å². The zero-order valence-corrected chi connectivity index (χ0v) is 7.01. The van der Waals surface area contributed by atoms with Crippen LogP contribution in [0.15, 0.2) is 0 Å². The largest absolute Gasteiger partial charge is 0.461 e. The Kier molecular flexibility index (Phi) is 1.80. The minimum atomic E-state index is -0.0932. The van der Waals surface area contributed by atoms with Gasteiger partial charge in [0.1, 0.15) is 6.10 Å². The lowest BCUT2D eigenvalue weighted by molar-refractivity contribution is -0.143. The Morgan fingerprint density at radius 2 is 2.11 bits per heavy atom. The van der Waals surface area contributed by atoms with E-state index in [1.807, 2.05) is 13.8 Å². The topological polar surface area (TPSA) is 26.3 Å². The molecule has 1 fully saturated rings. The summed E-state index contributed by atoms with van der Waals surface area (Å²) in [6.45, 7) is 3.76. The number of esters is 1. The van der Waals surface area contributed by atoms with Gasteiger partial charge in [-0.05, 0) is 6.92 Å². The molecule has 0 amide bonds. The molecule has 0 saturated carbocycles. The Morgan fingerprint density at radius 1 is 1.56 bits per heavy atom. The number of ether oxygens (including phenoxy) is 1. The predicted octanol–water partition coefficient (Wildman–Crippen LogP) is 1.33. The summed E-state index contributed by atoms with van der Waals surface area (Å²) in [6, 6.07) is 0. The summed E-state index contributed by atoms with van der Waals surface area (Å²) in [4.78, 5) is 10.9. The van der Waals surface area contributed by atoms with Crippen molar-refractivity contribution in [2.24, 2.45) is 5.92 Å². The number of alkyl halides is 1. The minimum Gasteiger partial charge on any atom is -0.461 e. The molecule has 0 aromatic rings. The lowest BCUT2D eigenvalue weighted by Gasteiger charge is -2.04. The van der Waals surface area contributed by atoms with Crippen molar-refractivity contribution >= 4 is 21.9 Å². The molecule has 9 heavy (non-hydrogen) atoms. The second-order valence-electron chi connectivity index (χ2n) is 2.38. The summed E-state index contributed by atoms with van der Waals surface area (Å²) in [5.74, 6) is -0.0793. The molecule has 0 aliphatic carbocycles. The van der Waals surface area contributed by atoms with Gasteiger partial charge in [-0.25, -0.2) is 0 Å². The maximum absolute atomic E-state index is 10.7. The minimum absolute atomic E-state index is 0.0139. The first-order chi connectivity index (χ1) is 4.13. The monoisotopic (exact) mass is 192 g/mol. The number of cyclic esters (lactones) is 1. The Hall–Kier alpha value is -0.0500. The lowest BCUT2D eigenvalue weighted by Crippen LogP contribution is -2.14. The highest BCUT2D eigenvalue weighted by atomic mass is 79.9. The molecule has 1 aliphatic rings. The van der Waals surface area contributed by atoms with Gasteiger partial charge in [-0.3, -0.25) is 4.79 Å². The van der Waals surface area contributed by atoms with Crippen molar-refractivity contribution in [3.8, 4) is 0 Å². The summed E-state index contributed by atoms with van der Waals surface area (Å²) in [5.41, 5.74) is 0. The van der Waals surface area contributed by atoms with Gasteiger partial charge in [0.2, 0.25) is 0 Å². The van der Waals surface area contributed by atoms with Crippen molar-refractivity contribution in [2.75, 3.05) is 0 Å². The molecular weight excluding hydrogens is 184 g/mol. The van der Waals surface area contributed by atoms with Gasteiger partial charge in [0, 0.05) is 0 Å². The number of carbonyl (C=O) groups is 1. The Balaban J connectivity index is 2.65. The summed E-state index contributed by atoms with van der Waals surface area (Å²) in [6.07, 6.45) is 0.0347. The van der Waals surface area contributed by atoms with Gasteiger partial charge >= 0.3 is 5.97 Å². The van der Waals surface area contributed by atoms with Gasteiger partial charge in [0.15, 0.2) is 0 Å². The first kappa shape index (κ1) is 7.06. The van der Waals surface area contributed by atoms with Crippen LogP contribution in [0.25, 0.3) is 0 Å². The van der Waals surface area contributed by atoms with Crippen molar-refractivity contribution in [1.82, 2.24) is 0 Å². The molecule has 0 N–H and O–H groups in total. The number of hydrogen-bond acceptors (Lipinski definition) is 2. The Morgan fingerprint density at radius 3 is 2.22 bits per heavy atom. The van der Waals surface area contributed by atoms with E-state index < -0.39 is 0 Å². The predicted molar refractivity (Wildman–Crippen MR) is 37.4 cm³/mol. The van der Waals surface area contributed by atoms with E-state index in [0.717, 1.165) is 0 Å². The van der Waals surface area contributed by atoms with Gasteiger partial charge in [0.05, 0.1) is 10.7 Å². The smallest absolute Gasteiger partial charge is 0.310 e. The van der Waals surface area contributed by atoms with E-state index in [9.17, 15) is 4.79 Å². The molecule has 3 unspecified atom stereocenters. The van der Waals surface area contributed by atoms with Crippen molar-refractivity contribution in [3.05, 3.63) is 0 Å². The molecule has 3 heteroatoms. The van der Waals surface area contributed by atoms with Crippen LogP contribution in [0, 0.1) is 5.92 Å². The third kappa shape index (κ3) is 1.11. The van der Waals surface area contributed by atoms with Crippen molar-refractivity contribution < 1.29 is 9.53 Å². The summed E-state index contributed by atoms with van der Waals surface area (Å²) < 4.78 is 4.90. The second-order valence-corrected chi connectivity index (χ2v) is 3.43. The van der Waals surface area contributed by atoms with Crippen LogP contribution in [0.5, 0.6) is 0 Å². The standard InChI is InChI=1S/C6H9BrO2/c1-3-5(7)4(2)9-6(3)8/h3-5H,1-2H3. The van der Waals surface area contributed by atoms with Crippen LogP contribution in [-0.2, 0) is 9.53 Å². The van der Waals surface area contributed by atoms with E-state index in [-0.39, 0.29) is 22.8 Å². The van der Waals surface area contributed by atoms with E-state index in [1.165, 1.54) is 0 Å². The van der Waals surface area contributed by atoms with E-state index >= 15 is 0 Å². The van der Waals surface area contributed by atoms with E-state index in [2.05, 4.69) is 15.9 Å². The zero-order chi connectivity index (χ0) is 7.02. The van der Waals surface area contributed by atoms with Crippen molar-refractivity contribution in [2.45, 2.75) is 24.8 Å². The molecule has 0 aromatic heterocycles. The highest BCUT2D eigenvalue weighted by Gasteiger charge is 2.36. The fourth-order valence-electron chi connectivity index (χ4n) is 0.892. The van der Waals surface area contributed by atoms with Gasteiger partial charge in [0.25, 0.3) is 0 Å². The summed E-state index contributed by atoms with van der Waals surface area (Å²) in [7, 11) is 0. The average molecular weight is 193 g/mol. The normalized spacial score (nSPS) is 43.0. The van der Waals surface area contributed by atoms with Gasteiger partial charge < -0.3 is 4.74 Å². The molecule has 0 aromatic carbocycles. The summed E-state index contributed by atoms with van der Waals surface area (Å²) >= 11 is 3.36. The van der Waals surface area contributed by atoms with Gasteiger partial charge in [-0.1, -0.05) is 22.9 Å². The second kappa shape index (κ2) is 2.29. The highest BCUT2D eigenvalue weighted by molar-refractivity contribution is 9.09. The van der Waals surface area contributed by atoms with Crippen molar-refractivity contribution in [3.63, 3.8) is 0 Å². The molecule has 1 heterocycles. The molecule has 3 atom stereocenters. The molecule has 1 saturated heterocycles. The number of rotatable bonds is 0. The molecule has 2 nitrogen and oxygen atoms in total. The number of halogens is 1. The molecule has 1 rings (SSSR count). The first-order valence-corrected chi connectivity index (χ1v) is 3.89. The molecular formula is C6H9BrO2. The zero-order valence-electron chi connectivity index (χ0n) is 5.43. The summed E-state index contributed by atoms with van der Waals surface area (Å²) in [5, 5.41) is 0. The van der Waals surface area contributed by atoms with E-state index in [4.69, 9.17) is 4.74 Å². The Bertz CT molecular complexity index is 135. The third-order valence-corrected chi connectivity index (χ3v) is 3.14. The first-order valence-electron chi connectivity index (χ1n) is 2.97. The van der Waals surface area contributed by atoms with Crippen LogP contribution in [0.1, 0.15) is 13.8 Å². The fraction of sp³-hybridized carbons (Fsp3) is 0.833. The maximum Gasteiger partial charge on any atom is 0.310 e. The molecule has 1 aliphatic heterocycles. The number of carbonyl (C=O) groups excluding carboxylic acids is 1. The molecule has 0 bridgehead atoms. The fourth-order valence-corrected chi connectivity index (χ4v) is 1.22. The molecule has 52 valence electrons. The third-order valence-electron chi connectivity index (χ3n) is 1.60. The maximum atomic E-state index is 10.7. The van der Waals surface area contributed by atoms with E-state index in [0.29, 0.717) is 0 Å².